The highest BCUT2D eigenvalue weighted by Crippen LogP contribution is 2.20. The Balaban J connectivity index is 2.03. The van der Waals surface area contributed by atoms with Crippen LogP contribution in [0.5, 0.6) is 5.75 Å². The van der Waals surface area contributed by atoms with E-state index in [4.69, 9.17) is 14.3 Å². The topological polar surface area (TPSA) is 54.6 Å². The van der Waals surface area contributed by atoms with E-state index in [9.17, 15) is 0 Å². The van der Waals surface area contributed by atoms with Gasteiger partial charge in [-0.25, -0.2) is 0 Å². The van der Waals surface area contributed by atoms with Gasteiger partial charge in [0.1, 0.15) is 23.9 Å². The van der Waals surface area contributed by atoms with Gasteiger partial charge in [0.2, 0.25) is 0 Å². The SMILES string of the molecule is COc1ccc(C(C#N)=NOSc2ccc(C)cc2)cc1. The number of hydrogen-bond donors (Lipinski definition) is 0. The smallest absolute Gasteiger partial charge is 0.188 e. The van der Waals surface area contributed by atoms with Crippen molar-refractivity contribution in [1.82, 2.24) is 0 Å². The van der Waals surface area contributed by atoms with Gasteiger partial charge in [-0.2, -0.15) is 5.26 Å². The van der Waals surface area contributed by atoms with Gasteiger partial charge in [0.05, 0.1) is 12.0 Å². The van der Waals surface area contributed by atoms with Gasteiger partial charge in [-0.05, 0) is 43.3 Å². The first-order valence-electron chi connectivity index (χ1n) is 6.26. The Kier molecular flexibility index (Phi) is 5.24. The molecule has 4 nitrogen and oxygen atoms in total. The average Bonchev–Trinajstić information content (AvgIpc) is 2.53. The molecule has 0 aromatic heterocycles. The van der Waals surface area contributed by atoms with Gasteiger partial charge in [0.25, 0.3) is 0 Å². The van der Waals surface area contributed by atoms with Crippen LogP contribution in [0.3, 0.4) is 0 Å². The molecule has 2 aromatic rings. The molecule has 0 amide bonds. The van der Waals surface area contributed by atoms with E-state index in [-0.39, 0.29) is 5.71 Å². The molecule has 21 heavy (non-hydrogen) atoms. The largest absolute Gasteiger partial charge is 0.497 e. The lowest BCUT2D eigenvalue weighted by Crippen LogP contribution is -1.97. The van der Waals surface area contributed by atoms with Gasteiger partial charge >= 0.3 is 0 Å². The maximum atomic E-state index is 9.14. The summed E-state index contributed by atoms with van der Waals surface area (Å²) < 4.78 is 10.2. The maximum Gasteiger partial charge on any atom is 0.188 e. The Morgan fingerprint density at radius 3 is 2.33 bits per heavy atom. The van der Waals surface area contributed by atoms with Crippen molar-refractivity contribution in [2.45, 2.75) is 11.8 Å². The molecule has 0 spiro atoms. The molecule has 0 bridgehead atoms. The molecule has 0 atom stereocenters. The molecule has 0 saturated carbocycles. The zero-order valence-electron chi connectivity index (χ0n) is 11.7. The predicted molar refractivity (Wildman–Crippen MR) is 83.3 cm³/mol. The van der Waals surface area contributed by atoms with E-state index in [1.54, 1.807) is 31.4 Å². The zero-order chi connectivity index (χ0) is 15.1. The fraction of sp³-hybridized carbons (Fsp3) is 0.125. The summed E-state index contributed by atoms with van der Waals surface area (Å²) in [6.45, 7) is 2.02. The lowest BCUT2D eigenvalue weighted by Gasteiger charge is -2.02. The molecule has 0 N–H and O–H groups in total. The van der Waals surface area contributed by atoms with Gasteiger partial charge in [0, 0.05) is 5.56 Å². The van der Waals surface area contributed by atoms with E-state index in [1.165, 1.54) is 5.56 Å². The monoisotopic (exact) mass is 298 g/mol. The number of benzene rings is 2. The van der Waals surface area contributed by atoms with E-state index in [1.807, 2.05) is 37.3 Å². The van der Waals surface area contributed by atoms with Crippen LogP contribution in [-0.2, 0) is 4.28 Å². The molecule has 2 rings (SSSR count). The molecule has 0 unspecified atom stereocenters. The molecule has 0 aliphatic carbocycles. The maximum absolute atomic E-state index is 9.14. The molecule has 5 heteroatoms. The van der Waals surface area contributed by atoms with Crippen molar-refractivity contribution in [2.24, 2.45) is 5.16 Å². The predicted octanol–water partition coefficient (Wildman–Crippen LogP) is 3.96. The fourth-order valence-electron chi connectivity index (χ4n) is 1.58. The van der Waals surface area contributed by atoms with Crippen molar-refractivity contribution in [1.29, 1.82) is 5.26 Å². The zero-order valence-corrected chi connectivity index (χ0v) is 12.6. The van der Waals surface area contributed by atoms with Crippen molar-refractivity contribution >= 4 is 17.8 Å². The normalized spacial score (nSPS) is 10.8. The molecular formula is C16H14N2O2S. The molecule has 0 heterocycles. The third-order valence-electron chi connectivity index (χ3n) is 2.75. The van der Waals surface area contributed by atoms with Crippen LogP contribution in [-0.4, -0.2) is 12.8 Å². The Labute approximate surface area is 128 Å². The van der Waals surface area contributed by atoms with Crippen LogP contribution in [0, 0.1) is 18.3 Å². The third kappa shape index (κ3) is 4.26. The second-order valence-electron chi connectivity index (χ2n) is 4.25. The summed E-state index contributed by atoms with van der Waals surface area (Å²) in [5.74, 6) is 0.728. The summed E-state index contributed by atoms with van der Waals surface area (Å²) in [6, 6.07) is 17.0. The highest BCUT2D eigenvalue weighted by Gasteiger charge is 2.04. The summed E-state index contributed by atoms with van der Waals surface area (Å²) in [6.07, 6.45) is 0. The number of nitrogens with zero attached hydrogens (tertiary/aromatic N) is 2. The lowest BCUT2D eigenvalue weighted by atomic mass is 10.1. The minimum atomic E-state index is 0.220. The molecule has 0 fully saturated rings. The Morgan fingerprint density at radius 1 is 1.10 bits per heavy atom. The van der Waals surface area contributed by atoms with Crippen molar-refractivity contribution in [2.75, 3.05) is 7.11 Å². The molecule has 0 aliphatic heterocycles. The van der Waals surface area contributed by atoms with Crippen LogP contribution >= 0.6 is 12.0 Å². The van der Waals surface area contributed by atoms with Crippen LogP contribution in [0.15, 0.2) is 58.6 Å². The van der Waals surface area contributed by atoms with Crippen LogP contribution in [0.25, 0.3) is 0 Å². The number of aryl methyl sites for hydroxylation is 1. The highest BCUT2D eigenvalue weighted by atomic mass is 32.2. The van der Waals surface area contributed by atoms with Crippen molar-refractivity contribution in [3.63, 3.8) is 0 Å². The van der Waals surface area contributed by atoms with Crippen molar-refractivity contribution in [3.05, 3.63) is 59.7 Å². The average molecular weight is 298 g/mol. The van der Waals surface area contributed by atoms with Gasteiger partial charge in [0.15, 0.2) is 5.71 Å². The molecule has 2 aromatic carbocycles. The second-order valence-corrected chi connectivity index (χ2v) is 5.04. The van der Waals surface area contributed by atoms with Crippen LogP contribution in [0.4, 0.5) is 0 Å². The summed E-state index contributed by atoms with van der Waals surface area (Å²) in [4.78, 5) is 0.927. The van der Waals surface area contributed by atoms with Crippen LogP contribution in [0.1, 0.15) is 11.1 Å². The molecule has 0 saturated heterocycles. The van der Waals surface area contributed by atoms with Gasteiger partial charge in [-0.15, -0.1) is 0 Å². The minimum absolute atomic E-state index is 0.220. The molecular weight excluding hydrogens is 284 g/mol. The second kappa shape index (κ2) is 7.36. The van der Waals surface area contributed by atoms with E-state index >= 15 is 0 Å². The number of methoxy groups -OCH3 is 1. The minimum Gasteiger partial charge on any atom is -0.497 e. The van der Waals surface area contributed by atoms with Gasteiger partial charge in [-0.1, -0.05) is 22.9 Å². The highest BCUT2D eigenvalue weighted by molar-refractivity contribution is 7.94. The standard InChI is InChI=1S/C16H14N2O2S/c1-12-3-9-15(10-4-12)21-20-18-16(11-17)13-5-7-14(19-2)8-6-13/h3-10H,1-2H3. The Morgan fingerprint density at radius 2 is 1.76 bits per heavy atom. The Bertz CT molecular complexity index is 658. The lowest BCUT2D eigenvalue weighted by molar-refractivity contribution is 0.406. The first-order valence-corrected chi connectivity index (χ1v) is 7.00. The van der Waals surface area contributed by atoms with Gasteiger partial charge < -0.3 is 9.02 Å². The van der Waals surface area contributed by atoms with E-state index in [0.29, 0.717) is 5.56 Å². The first kappa shape index (κ1) is 14.9. The summed E-state index contributed by atoms with van der Waals surface area (Å²) >= 11 is 1.11. The van der Waals surface area contributed by atoms with Gasteiger partial charge in [-0.3, -0.25) is 0 Å². The van der Waals surface area contributed by atoms with E-state index in [0.717, 1.165) is 22.7 Å². The molecule has 0 aliphatic rings. The number of rotatable bonds is 5. The molecule has 106 valence electrons. The van der Waals surface area contributed by atoms with Crippen molar-refractivity contribution in [3.8, 4) is 11.8 Å². The van der Waals surface area contributed by atoms with Crippen LogP contribution < -0.4 is 4.74 Å². The van der Waals surface area contributed by atoms with Crippen molar-refractivity contribution < 1.29 is 9.02 Å². The summed E-state index contributed by atoms with van der Waals surface area (Å²) in [5, 5.41) is 13.0. The third-order valence-corrected chi connectivity index (χ3v) is 3.37. The Hall–Kier alpha value is -2.45. The number of hydrogen-bond acceptors (Lipinski definition) is 5. The van der Waals surface area contributed by atoms with E-state index < -0.39 is 0 Å². The summed E-state index contributed by atoms with van der Waals surface area (Å²) in [7, 11) is 1.59. The summed E-state index contributed by atoms with van der Waals surface area (Å²) in [5.41, 5.74) is 2.08. The van der Waals surface area contributed by atoms with E-state index in [2.05, 4.69) is 5.16 Å². The number of nitriles is 1. The quantitative estimate of drug-likeness (QED) is 0.476. The first-order chi connectivity index (χ1) is 10.2. The fourth-order valence-corrected chi connectivity index (χ4v) is 2.02. The molecule has 0 radical (unpaired) electrons. The number of ether oxygens (including phenoxy) is 1. The van der Waals surface area contributed by atoms with Crippen LogP contribution in [0.2, 0.25) is 0 Å². The number of oxime groups is 1.